The summed E-state index contributed by atoms with van der Waals surface area (Å²) in [5, 5.41) is 24.7. The Labute approximate surface area is 242 Å². The highest BCUT2D eigenvalue weighted by molar-refractivity contribution is 5.85. The zero-order chi connectivity index (χ0) is 29.0. The SMILES string of the molecule is C[C@@H]1O[C@H](O[C@@H]2CC[C@]3(C=O)[C@@H]4CC[C@]5(C)[C@H](C6=CC(=O)OC6)CC[C@]5(O)[C@@H]4CC[C@]3(O)C2)C[C@H]2OC(C)(C)O[C@@H]12. The number of aldehydes is 1. The highest BCUT2D eigenvalue weighted by Crippen LogP contribution is 2.70. The Balaban J connectivity index is 1.08. The van der Waals surface area contributed by atoms with E-state index in [1.165, 1.54) is 0 Å². The molecule has 0 spiro atoms. The molecule has 12 atom stereocenters. The Morgan fingerprint density at radius 1 is 1.00 bits per heavy atom. The van der Waals surface area contributed by atoms with Crippen molar-refractivity contribution in [1.29, 1.82) is 0 Å². The van der Waals surface area contributed by atoms with Crippen LogP contribution in [0.2, 0.25) is 0 Å². The van der Waals surface area contributed by atoms with Gasteiger partial charge in [-0.2, -0.15) is 0 Å². The summed E-state index contributed by atoms with van der Waals surface area (Å²) in [6.45, 7) is 8.28. The Hall–Kier alpha value is -1.36. The fraction of sp³-hybridized carbons (Fsp3) is 0.875. The van der Waals surface area contributed by atoms with Gasteiger partial charge in [0.05, 0.1) is 34.9 Å². The van der Waals surface area contributed by atoms with E-state index < -0.39 is 28.7 Å². The van der Waals surface area contributed by atoms with Crippen molar-refractivity contribution in [2.45, 2.75) is 140 Å². The summed E-state index contributed by atoms with van der Waals surface area (Å²) in [5.74, 6) is -1.02. The summed E-state index contributed by atoms with van der Waals surface area (Å²) in [6.07, 6.45) is 7.78. The van der Waals surface area contributed by atoms with Crippen LogP contribution in [0, 0.1) is 28.6 Å². The lowest BCUT2D eigenvalue weighted by molar-refractivity contribution is -0.278. The molecule has 0 amide bonds. The van der Waals surface area contributed by atoms with Crippen LogP contribution in [0.3, 0.4) is 0 Å². The molecule has 41 heavy (non-hydrogen) atoms. The van der Waals surface area contributed by atoms with E-state index in [0.717, 1.165) is 31.1 Å². The van der Waals surface area contributed by atoms with Crippen molar-refractivity contribution in [1.82, 2.24) is 0 Å². The largest absolute Gasteiger partial charge is 0.458 e. The summed E-state index contributed by atoms with van der Waals surface area (Å²) in [5.41, 5.74) is -2.44. The average Bonchev–Trinajstić information content (AvgIpc) is 3.55. The molecule has 3 aliphatic heterocycles. The second-order valence-electron chi connectivity index (χ2n) is 14.9. The van der Waals surface area contributed by atoms with Gasteiger partial charge in [-0.3, -0.25) is 0 Å². The van der Waals surface area contributed by atoms with Gasteiger partial charge in [-0.25, -0.2) is 4.79 Å². The van der Waals surface area contributed by atoms with Gasteiger partial charge in [0.15, 0.2) is 12.1 Å². The maximum Gasteiger partial charge on any atom is 0.331 e. The van der Waals surface area contributed by atoms with E-state index in [2.05, 4.69) is 6.92 Å². The molecule has 0 bridgehead atoms. The molecular formula is C32H46O9. The summed E-state index contributed by atoms with van der Waals surface area (Å²) >= 11 is 0. The molecule has 6 fully saturated rings. The molecule has 2 saturated heterocycles. The minimum absolute atomic E-state index is 0.0739. The van der Waals surface area contributed by atoms with Crippen LogP contribution in [0.15, 0.2) is 11.6 Å². The zero-order valence-corrected chi connectivity index (χ0v) is 24.8. The Morgan fingerprint density at radius 2 is 1.78 bits per heavy atom. The first-order valence-corrected chi connectivity index (χ1v) is 15.8. The number of aliphatic hydroxyl groups is 2. The van der Waals surface area contributed by atoms with Gasteiger partial charge in [-0.15, -0.1) is 0 Å². The van der Waals surface area contributed by atoms with E-state index in [4.69, 9.17) is 23.7 Å². The first kappa shape index (κ1) is 28.4. The van der Waals surface area contributed by atoms with Crippen molar-refractivity contribution in [3.63, 3.8) is 0 Å². The quantitative estimate of drug-likeness (QED) is 0.295. The number of rotatable bonds is 4. The zero-order valence-electron chi connectivity index (χ0n) is 24.8. The van der Waals surface area contributed by atoms with Crippen molar-refractivity contribution in [3.05, 3.63) is 11.6 Å². The Bertz CT molecular complexity index is 1140. The van der Waals surface area contributed by atoms with E-state index in [-0.39, 0.29) is 53.6 Å². The van der Waals surface area contributed by atoms with Gasteiger partial charge in [0.1, 0.15) is 19.0 Å². The highest BCUT2D eigenvalue weighted by Gasteiger charge is 2.71. The van der Waals surface area contributed by atoms with Gasteiger partial charge < -0.3 is 38.7 Å². The summed E-state index contributed by atoms with van der Waals surface area (Å²) < 4.78 is 30.0. The summed E-state index contributed by atoms with van der Waals surface area (Å²) in [6, 6.07) is 0. The molecular weight excluding hydrogens is 528 g/mol. The topological polar surface area (TPSA) is 121 Å². The van der Waals surface area contributed by atoms with Crippen LogP contribution in [0.5, 0.6) is 0 Å². The fourth-order valence-corrected chi connectivity index (χ4v) is 10.7. The number of carbonyl (C=O) groups excluding carboxylic acids is 2. The Kier molecular flexibility index (Phi) is 6.46. The van der Waals surface area contributed by atoms with E-state index in [1.807, 2.05) is 20.8 Å². The number of hydrogen-bond acceptors (Lipinski definition) is 9. The molecule has 0 aromatic carbocycles. The molecule has 0 aromatic rings. The van der Waals surface area contributed by atoms with Crippen molar-refractivity contribution in [2.24, 2.45) is 28.6 Å². The number of hydrogen-bond donors (Lipinski definition) is 2. The van der Waals surface area contributed by atoms with Crippen molar-refractivity contribution >= 4 is 12.3 Å². The molecule has 7 aliphatic rings. The van der Waals surface area contributed by atoms with E-state index >= 15 is 0 Å². The van der Waals surface area contributed by atoms with Crippen molar-refractivity contribution in [2.75, 3.05) is 6.61 Å². The monoisotopic (exact) mass is 574 g/mol. The predicted molar refractivity (Wildman–Crippen MR) is 145 cm³/mol. The number of ether oxygens (including phenoxy) is 5. The molecule has 2 N–H and O–H groups in total. The Morgan fingerprint density at radius 3 is 2.51 bits per heavy atom. The molecule has 0 aromatic heterocycles. The third-order valence-corrected chi connectivity index (χ3v) is 12.7. The van der Waals surface area contributed by atoms with Gasteiger partial charge in [-0.05, 0) is 95.5 Å². The molecule has 9 nitrogen and oxygen atoms in total. The highest BCUT2D eigenvalue weighted by atomic mass is 16.8. The molecule has 7 rings (SSSR count). The van der Waals surface area contributed by atoms with E-state index in [1.54, 1.807) is 6.08 Å². The molecule has 4 aliphatic carbocycles. The van der Waals surface area contributed by atoms with E-state index in [0.29, 0.717) is 51.6 Å². The second kappa shape index (κ2) is 9.32. The average molecular weight is 575 g/mol. The van der Waals surface area contributed by atoms with Crippen LogP contribution in [-0.2, 0) is 33.3 Å². The van der Waals surface area contributed by atoms with Crippen molar-refractivity contribution < 1.29 is 43.5 Å². The lowest BCUT2D eigenvalue weighted by atomic mass is 9.41. The maximum absolute atomic E-state index is 13.1. The first-order chi connectivity index (χ1) is 19.3. The molecule has 0 radical (unpaired) electrons. The fourth-order valence-electron chi connectivity index (χ4n) is 10.7. The minimum atomic E-state index is -1.19. The predicted octanol–water partition coefficient (Wildman–Crippen LogP) is 3.58. The number of carbonyl (C=O) groups is 2. The summed E-state index contributed by atoms with van der Waals surface area (Å²) in [7, 11) is 0. The lowest BCUT2D eigenvalue weighted by Crippen LogP contribution is -2.69. The minimum Gasteiger partial charge on any atom is -0.458 e. The van der Waals surface area contributed by atoms with Crippen LogP contribution in [0.1, 0.15) is 91.9 Å². The molecule has 0 unspecified atom stereocenters. The van der Waals surface area contributed by atoms with Crippen LogP contribution >= 0.6 is 0 Å². The number of fused-ring (bicyclic) bond motifs is 6. The lowest BCUT2D eigenvalue weighted by Gasteiger charge is -2.65. The first-order valence-electron chi connectivity index (χ1n) is 15.8. The van der Waals surface area contributed by atoms with Gasteiger partial charge in [0.2, 0.25) is 0 Å². The number of esters is 1. The maximum atomic E-state index is 13.1. The molecule has 4 saturated carbocycles. The summed E-state index contributed by atoms with van der Waals surface area (Å²) in [4.78, 5) is 24.9. The van der Waals surface area contributed by atoms with Crippen LogP contribution < -0.4 is 0 Å². The molecule has 9 heteroatoms. The third kappa shape index (κ3) is 4.02. The standard InChI is InChI=1S/C32H46O9/c1-18-27-24(40-28(2,3)41-27)14-26(38-18)39-20-5-10-30(17-33)22-6-9-29(4)21(19-13-25(34)37-16-19)8-12-32(29,36)23(22)7-11-31(30,35)15-20/h13,17-18,20-24,26-27,35-36H,5-12,14-16H2,1-4H3/t18-,20+,21-,22+,23+,24+,26+,27-,29+,30-,31-,32-/m0/s1. The van der Waals surface area contributed by atoms with Crippen LogP contribution in [0.25, 0.3) is 0 Å². The normalized spacial score (nSPS) is 53.9. The van der Waals surface area contributed by atoms with Crippen LogP contribution in [0.4, 0.5) is 0 Å². The number of cyclic esters (lactones) is 1. The molecule has 228 valence electrons. The third-order valence-electron chi connectivity index (χ3n) is 12.7. The van der Waals surface area contributed by atoms with Crippen LogP contribution in [-0.4, -0.2) is 76.8 Å². The van der Waals surface area contributed by atoms with Gasteiger partial charge >= 0.3 is 5.97 Å². The van der Waals surface area contributed by atoms with Gasteiger partial charge in [0.25, 0.3) is 0 Å². The van der Waals surface area contributed by atoms with Crippen molar-refractivity contribution in [3.8, 4) is 0 Å². The van der Waals surface area contributed by atoms with E-state index in [9.17, 15) is 19.8 Å². The van der Waals surface area contributed by atoms with Gasteiger partial charge in [-0.1, -0.05) is 6.92 Å². The smallest absolute Gasteiger partial charge is 0.331 e. The van der Waals surface area contributed by atoms with Gasteiger partial charge in [0, 0.05) is 24.3 Å². The molecule has 3 heterocycles. The second-order valence-corrected chi connectivity index (χ2v) is 14.9.